The molecule has 3 atom stereocenters. The molecule has 0 radical (unpaired) electrons. The molecule has 4 fully saturated rings. The number of nitrogens with two attached hydrogens (primary N) is 1. The number of rotatable bonds is 8. The number of nitriles is 1. The third kappa shape index (κ3) is 6.68. The first kappa shape index (κ1) is 40.1. The highest BCUT2D eigenvalue weighted by atomic mass is 32.1. The molecule has 4 saturated heterocycles. The number of nitrogens with zero attached hydrogens (tertiary/aromatic N) is 7. The lowest BCUT2D eigenvalue weighted by Gasteiger charge is -2.37. The Morgan fingerprint density at radius 3 is 2.55 bits per heavy atom. The Hall–Kier alpha value is -4.74. The van der Waals surface area contributed by atoms with Crippen LogP contribution in [-0.2, 0) is 17.1 Å². The van der Waals surface area contributed by atoms with Crippen molar-refractivity contribution in [2.45, 2.75) is 68.8 Å². The predicted molar refractivity (Wildman–Crippen MR) is 199 cm³/mol. The van der Waals surface area contributed by atoms with Crippen LogP contribution >= 0.6 is 11.3 Å². The molecule has 2 amide bonds. The molecular weight excluding hydrogens is 801 g/mol. The number of hydrogen-bond acceptors (Lipinski definition) is 10. The van der Waals surface area contributed by atoms with Gasteiger partial charge in [-0.3, -0.25) is 4.90 Å². The van der Waals surface area contributed by atoms with Gasteiger partial charge < -0.3 is 29.9 Å². The summed E-state index contributed by atoms with van der Waals surface area (Å²) in [6, 6.07) is 2.16. The molecule has 4 aliphatic heterocycles. The quantitative estimate of drug-likeness (QED) is 0.180. The predicted octanol–water partition coefficient (Wildman–Crippen LogP) is 7.45. The average Bonchev–Trinajstić information content (AvgIpc) is 3.91. The maximum absolute atomic E-state index is 15.8. The zero-order valence-electron chi connectivity index (χ0n) is 31.3. The van der Waals surface area contributed by atoms with Crippen molar-refractivity contribution in [1.29, 1.82) is 5.26 Å². The van der Waals surface area contributed by atoms with Gasteiger partial charge in [0.1, 0.15) is 35.5 Å². The number of hydrogen-bond donors (Lipinski definition) is 1. The molecule has 0 spiro atoms. The minimum atomic E-state index is -5.52. The molecule has 6 heterocycles. The molecule has 58 heavy (non-hydrogen) atoms. The highest BCUT2D eigenvalue weighted by Gasteiger charge is 2.50. The van der Waals surface area contributed by atoms with Gasteiger partial charge >= 0.3 is 24.4 Å². The molecule has 11 nitrogen and oxygen atoms in total. The van der Waals surface area contributed by atoms with Gasteiger partial charge in [0.2, 0.25) is 0 Å². The topological polar surface area (TPSA) is 124 Å². The smallest absolute Gasteiger partial charge is 0.419 e. The van der Waals surface area contributed by atoms with E-state index in [1.807, 2.05) is 4.90 Å². The average molecular weight is 839 g/mol. The van der Waals surface area contributed by atoms with E-state index < -0.39 is 90.7 Å². The van der Waals surface area contributed by atoms with Gasteiger partial charge in [-0.05, 0) is 50.4 Å². The molecule has 0 unspecified atom stereocenters. The summed E-state index contributed by atoms with van der Waals surface area (Å²) >= 11 is 0.528. The number of likely N-dealkylation sites (tertiary alicyclic amines) is 1. The molecule has 0 saturated carbocycles. The van der Waals surface area contributed by atoms with E-state index in [4.69, 9.17) is 15.2 Å². The first-order chi connectivity index (χ1) is 27.5. The van der Waals surface area contributed by atoms with Crippen LogP contribution < -0.4 is 15.4 Å². The summed E-state index contributed by atoms with van der Waals surface area (Å²) in [5, 5.41) is 8.54. The van der Waals surface area contributed by atoms with Gasteiger partial charge in [-0.25, -0.2) is 13.6 Å². The number of aromatic nitrogens is 2. The van der Waals surface area contributed by atoms with E-state index in [1.165, 1.54) is 0 Å². The highest BCUT2D eigenvalue weighted by Crippen LogP contribution is 2.52. The molecule has 310 valence electrons. The number of anilines is 2. The van der Waals surface area contributed by atoms with Crippen molar-refractivity contribution in [3.05, 3.63) is 40.7 Å². The Bertz CT molecular complexity index is 2330. The van der Waals surface area contributed by atoms with Gasteiger partial charge in [-0.2, -0.15) is 41.6 Å². The van der Waals surface area contributed by atoms with Gasteiger partial charge in [-0.15, -0.1) is 11.3 Å². The van der Waals surface area contributed by atoms with Crippen molar-refractivity contribution in [1.82, 2.24) is 24.7 Å². The van der Waals surface area contributed by atoms with Crippen molar-refractivity contribution in [2.75, 3.05) is 70.2 Å². The van der Waals surface area contributed by atoms with Crippen LogP contribution in [-0.4, -0.2) is 114 Å². The van der Waals surface area contributed by atoms with Crippen LogP contribution in [0.5, 0.6) is 6.01 Å². The Kier molecular flexibility index (Phi) is 10.0. The number of alkyl halides is 7. The summed E-state index contributed by atoms with van der Waals surface area (Å²) in [6.45, 7) is 3.34. The van der Waals surface area contributed by atoms with Gasteiger partial charge in [0.05, 0.1) is 51.7 Å². The Morgan fingerprint density at radius 2 is 1.90 bits per heavy atom. The summed E-state index contributed by atoms with van der Waals surface area (Å²) in [6.07, 6.45) is -10.4. The fourth-order valence-corrected chi connectivity index (χ4v) is 9.98. The molecule has 2 aromatic heterocycles. The molecule has 0 aliphatic carbocycles. The van der Waals surface area contributed by atoms with Gasteiger partial charge in [-0.1, -0.05) is 6.07 Å². The largest absolute Gasteiger partial charge is 0.461 e. The third-order valence-corrected chi connectivity index (χ3v) is 13.0. The second-order valence-corrected chi connectivity index (χ2v) is 16.3. The number of ether oxygens (including phenoxy) is 2. The van der Waals surface area contributed by atoms with E-state index in [2.05, 4.69) is 9.97 Å². The van der Waals surface area contributed by atoms with Crippen LogP contribution in [0, 0.1) is 17.1 Å². The van der Waals surface area contributed by atoms with E-state index in [0.717, 1.165) is 18.6 Å². The normalized spacial score (nSPS) is 22.7. The summed E-state index contributed by atoms with van der Waals surface area (Å²) in [5.74, 6) is -1.28. The van der Waals surface area contributed by atoms with Crippen molar-refractivity contribution in [2.24, 2.45) is 0 Å². The van der Waals surface area contributed by atoms with Gasteiger partial charge in [0, 0.05) is 62.0 Å². The lowest BCUT2D eigenvalue weighted by atomic mass is 9.88. The summed E-state index contributed by atoms with van der Waals surface area (Å²) in [5.41, 5.74) is -1.86. The van der Waals surface area contributed by atoms with Crippen molar-refractivity contribution < 1.29 is 49.4 Å². The number of carbonyl (C=O) groups is 1. The molecule has 20 heteroatoms. The van der Waals surface area contributed by atoms with Crippen LogP contribution in [0.15, 0.2) is 18.2 Å². The fraction of sp³-hybridized carbons (Fsp3) is 0.526. The lowest BCUT2D eigenvalue weighted by Crippen LogP contribution is -2.53. The number of fused-ring (bicyclic) bond motifs is 3. The van der Waals surface area contributed by atoms with Crippen LogP contribution in [0.1, 0.15) is 49.3 Å². The molecule has 4 aromatic rings. The van der Waals surface area contributed by atoms with E-state index in [9.17, 15) is 14.4 Å². The molecular formula is C38H38F8N8O3S. The number of nitrogen functional groups attached to an aromatic ring is 1. The third-order valence-electron chi connectivity index (χ3n) is 11.9. The van der Waals surface area contributed by atoms with Gasteiger partial charge in [0.25, 0.3) is 0 Å². The number of thiophene rings is 1. The van der Waals surface area contributed by atoms with Crippen LogP contribution in [0.25, 0.3) is 32.1 Å². The molecule has 2 aromatic carbocycles. The van der Waals surface area contributed by atoms with E-state index >= 15 is 30.7 Å². The fourth-order valence-electron chi connectivity index (χ4n) is 9.03. The van der Waals surface area contributed by atoms with E-state index in [1.54, 1.807) is 34.7 Å². The zero-order valence-corrected chi connectivity index (χ0v) is 32.1. The van der Waals surface area contributed by atoms with E-state index in [-0.39, 0.29) is 62.1 Å². The Morgan fingerprint density at radius 1 is 1.14 bits per heavy atom. The zero-order chi connectivity index (χ0) is 41.5. The number of urea groups is 1. The summed E-state index contributed by atoms with van der Waals surface area (Å²) in [7, 11) is 1.64. The molecule has 8 rings (SSSR count). The standard InChI is InChI=1S/C38H38F8N8O3S/c1-3-54(20-7-10-52(15-20)35(55)51(2)21-16-56-17-21)33-23-11-25(37(41,42)43)28(22-5-6-26(40)31-27(22)24(13-47)32(48)58-31)29(38(44,45)46)30(23)49-34(50-33)57-18-36-8-4-9-53(36)14-19(39)12-36/h5-6,11,19-21H,3-4,7-10,12,14-18,48H2,1-2H3/t19-,20+,36+/m1/s1. The highest BCUT2D eigenvalue weighted by molar-refractivity contribution is 7.23. The minimum Gasteiger partial charge on any atom is -0.461 e. The number of likely N-dealkylation sites (N-methyl/N-ethyl adjacent to an activating group) is 2. The Labute approximate surface area is 330 Å². The van der Waals surface area contributed by atoms with Crippen molar-refractivity contribution >= 4 is 49.2 Å². The Balaban J connectivity index is 1.35. The van der Waals surface area contributed by atoms with Crippen LogP contribution in [0.2, 0.25) is 0 Å². The van der Waals surface area contributed by atoms with Crippen molar-refractivity contribution in [3.8, 4) is 23.2 Å². The summed E-state index contributed by atoms with van der Waals surface area (Å²) < 4.78 is 134. The second kappa shape index (κ2) is 14.5. The maximum atomic E-state index is 15.8. The first-order valence-electron chi connectivity index (χ1n) is 18.8. The number of halogens is 8. The van der Waals surface area contributed by atoms with E-state index in [0.29, 0.717) is 50.0 Å². The maximum Gasteiger partial charge on any atom is 0.419 e. The number of benzene rings is 2. The SMILES string of the molecule is CCN(c1nc(OC[C@@]23CCCN2C[C@H](F)C3)nc2c(C(F)(F)F)c(-c3ccc(F)c4sc(N)c(C#N)c34)c(C(F)(F)F)cc12)[C@H]1CCN(C(=O)N(C)C2COC2)C1. The first-order valence-corrected chi connectivity index (χ1v) is 19.6. The molecule has 4 aliphatic rings. The molecule has 2 N–H and O–H groups in total. The van der Waals surface area contributed by atoms with Crippen molar-refractivity contribution in [3.63, 3.8) is 0 Å². The van der Waals surface area contributed by atoms with Crippen LogP contribution in [0.4, 0.5) is 50.7 Å². The monoisotopic (exact) mass is 838 g/mol. The lowest BCUT2D eigenvalue weighted by molar-refractivity contribution is -0.141. The molecule has 0 bridgehead atoms. The number of amides is 2. The van der Waals surface area contributed by atoms with Crippen LogP contribution in [0.3, 0.4) is 0 Å². The minimum absolute atomic E-state index is 0.0501. The van der Waals surface area contributed by atoms with Gasteiger partial charge in [0.15, 0.2) is 0 Å². The summed E-state index contributed by atoms with van der Waals surface area (Å²) in [4.78, 5) is 28.7. The number of carbonyl (C=O) groups excluding carboxylic acids is 1. The second-order valence-electron chi connectivity index (χ2n) is 15.3.